The Morgan fingerprint density at radius 2 is 0.375 bits per heavy atom. The van der Waals surface area contributed by atoms with Crippen LogP contribution in [0, 0.1) is 0 Å². The molecular formula is C48H64O16. The molecule has 0 fully saturated rings. The van der Waals surface area contributed by atoms with E-state index in [2.05, 4.69) is 0 Å². The van der Waals surface area contributed by atoms with Gasteiger partial charge in [0, 0.05) is 92.4 Å². The van der Waals surface area contributed by atoms with Gasteiger partial charge in [-0.2, -0.15) is 0 Å². The molecule has 0 amide bonds. The smallest absolute Gasteiger partial charge is 0.126 e. The second-order valence-electron chi connectivity index (χ2n) is 15.2. The largest absolute Gasteiger partial charge is 0.491 e. The van der Waals surface area contributed by atoms with Crippen LogP contribution in [0.15, 0.2) is 48.5 Å². The van der Waals surface area contributed by atoms with E-state index in [0.717, 1.165) is 0 Å². The van der Waals surface area contributed by atoms with Crippen molar-refractivity contribution in [2.75, 3.05) is 106 Å². The van der Waals surface area contributed by atoms with Crippen molar-refractivity contribution in [3.05, 3.63) is 93.0 Å². The summed E-state index contributed by atoms with van der Waals surface area (Å²) in [6, 6.07) is 14.8. The molecule has 8 bridgehead atoms. The molecule has 16 nitrogen and oxygen atoms in total. The van der Waals surface area contributed by atoms with Gasteiger partial charge in [0.05, 0.1) is 52.9 Å². The minimum atomic E-state index is -0.504. The highest BCUT2D eigenvalue weighted by molar-refractivity contribution is 5.63. The van der Waals surface area contributed by atoms with E-state index in [1.165, 1.54) is 0 Å². The maximum absolute atomic E-state index is 9.93. The maximum Gasteiger partial charge on any atom is 0.126 e. The average Bonchev–Trinajstić information content (AvgIpc) is 3.31. The van der Waals surface area contributed by atoms with Gasteiger partial charge in [-0.15, -0.1) is 0 Å². The Labute approximate surface area is 374 Å². The van der Waals surface area contributed by atoms with E-state index in [0.29, 0.717) is 90.5 Å². The van der Waals surface area contributed by atoms with E-state index >= 15 is 0 Å². The van der Waals surface area contributed by atoms with Gasteiger partial charge in [-0.3, -0.25) is 0 Å². The Kier molecular flexibility index (Phi) is 19.4. The third-order valence-corrected chi connectivity index (χ3v) is 11.1. The molecule has 1 aliphatic rings. The van der Waals surface area contributed by atoms with Crippen molar-refractivity contribution in [3.8, 4) is 46.0 Å². The zero-order valence-electron chi connectivity index (χ0n) is 37.1. The first-order valence-corrected chi connectivity index (χ1v) is 21.7. The molecule has 16 heteroatoms. The summed E-state index contributed by atoms with van der Waals surface area (Å²) in [6.07, 6.45) is 0. The van der Waals surface area contributed by atoms with Crippen molar-refractivity contribution in [2.24, 2.45) is 0 Å². The van der Waals surface area contributed by atoms with Gasteiger partial charge in [0.1, 0.15) is 98.9 Å². The topological polar surface area (TPSA) is 236 Å². The Bertz CT molecular complexity index is 1670. The van der Waals surface area contributed by atoms with Gasteiger partial charge in [0.2, 0.25) is 0 Å². The van der Waals surface area contributed by atoms with Crippen LogP contribution in [0.3, 0.4) is 0 Å². The molecule has 64 heavy (non-hydrogen) atoms. The second kappa shape index (κ2) is 24.9. The fraction of sp³-hybridized carbons (Fsp3) is 0.500. The molecular weight excluding hydrogens is 833 g/mol. The fourth-order valence-corrected chi connectivity index (χ4v) is 8.00. The van der Waals surface area contributed by atoms with Crippen LogP contribution in [0.1, 0.15) is 95.9 Å². The fourth-order valence-electron chi connectivity index (χ4n) is 8.00. The van der Waals surface area contributed by atoms with Crippen LogP contribution in [-0.4, -0.2) is 147 Å². The van der Waals surface area contributed by atoms with E-state index in [1.807, 2.05) is 52.0 Å². The maximum atomic E-state index is 9.93. The summed E-state index contributed by atoms with van der Waals surface area (Å²) in [6.45, 7) is 5.42. The lowest BCUT2D eigenvalue weighted by Crippen LogP contribution is -2.16. The molecule has 0 radical (unpaired) electrons. The molecule has 0 atom stereocenters. The summed E-state index contributed by atoms with van der Waals surface area (Å²) in [4.78, 5) is 0. The molecule has 0 aromatic heterocycles. The van der Waals surface area contributed by atoms with E-state index in [9.17, 15) is 40.9 Å². The van der Waals surface area contributed by atoms with Gasteiger partial charge in [0.25, 0.3) is 0 Å². The van der Waals surface area contributed by atoms with Crippen LogP contribution in [0.5, 0.6) is 46.0 Å². The lowest BCUT2D eigenvalue weighted by molar-refractivity contribution is 0.190. The van der Waals surface area contributed by atoms with Crippen LogP contribution >= 0.6 is 0 Å². The summed E-state index contributed by atoms with van der Waals surface area (Å²) in [5.41, 5.74) is 5.48. The number of benzene rings is 4. The minimum Gasteiger partial charge on any atom is -0.491 e. The van der Waals surface area contributed by atoms with Crippen molar-refractivity contribution in [1.29, 1.82) is 0 Å². The molecule has 8 N–H and O–H groups in total. The molecule has 0 saturated heterocycles. The highest BCUT2D eigenvalue weighted by Crippen LogP contribution is 2.51. The quantitative estimate of drug-likeness (QED) is 0.0502. The van der Waals surface area contributed by atoms with Crippen molar-refractivity contribution < 1.29 is 78.7 Å². The number of fused-ring (bicyclic) bond motifs is 8. The van der Waals surface area contributed by atoms with Gasteiger partial charge < -0.3 is 78.7 Å². The molecule has 4 aromatic rings. The average molecular weight is 897 g/mol. The first-order valence-electron chi connectivity index (χ1n) is 21.7. The molecule has 0 aliphatic heterocycles. The second-order valence-corrected chi connectivity index (χ2v) is 15.2. The van der Waals surface area contributed by atoms with Gasteiger partial charge in [-0.25, -0.2) is 0 Å². The molecule has 0 saturated carbocycles. The molecule has 4 aromatic carbocycles. The molecule has 1 aliphatic carbocycles. The van der Waals surface area contributed by atoms with E-state index in [-0.39, 0.29) is 106 Å². The first-order chi connectivity index (χ1) is 31.1. The number of aliphatic hydroxyl groups is 8. The van der Waals surface area contributed by atoms with Crippen LogP contribution < -0.4 is 37.9 Å². The zero-order valence-corrected chi connectivity index (χ0v) is 37.1. The molecule has 0 unspecified atom stereocenters. The number of hydrogen-bond acceptors (Lipinski definition) is 16. The predicted octanol–water partition coefficient (Wildman–Crippen LogP) is 3.58. The zero-order chi connectivity index (χ0) is 46.2. The van der Waals surface area contributed by atoms with Crippen molar-refractivity contribution in [3.63, 3.8) is 0 Å². The summed E-state index contributed by atoms with van der Waals surface area (Å²) in [7, 11) is 0. The number of aliphatic hydroxyl groups excluding tert-OH is 8. The highest BCUT2D eigenvalue weighted by atomic mass is 16.5. The molecule has 5 rings (SSSR count). The summed E-state index contributed by atoms with van der Waals surface area (Å²) in [5.74, 6) is 1.18. The van der Waals surface area contributed by atoms with Crippen molar-refractivity contribution >= 4 is 0 Å². The normalized spacial score (nSPS) is 16.8. The van der Waals surface area contributed by atoms with Gasteiger partial charge in [-0.05, 0) is 24.3 Å². The first kappa shape index (κ1) is 50.0. The minimum absolute atomic E-state index is 0.0369. The SMILES string of the molecule is CC1c2cc(c(OCCO)cc2OCCO)C(C)c2cc(c(OCCO)cc2OCCO)C(C)c2cc(c(OCCO)cc2OCCO)C(C)c2cc1c(OCCO)cc2OCCO. The van der Waals surface area contributed by atoms with Crippen molar-refractivity contribution in [1.82, 2.24) is 0 Å². The number of ether oxygens (including phenoxy) is 8. The monoisotopic (exact) mass is 896 g/mol. The van der Waals surface area contributed by atoms with E-state index < -0.39 is 23.7 Å². The lowest BCUT2D eigenvalue weighted by atomic mass is 9.80. The Morgan fingerprint density at radius 1 is 0.250 bits per heavy atom. The molecule has 0 heterocycles. The van der Waals surface area contributed by atoms with Crippen LogP contribution in [0.2, 0.25) is 0 Å². The summed E-state index contributed by atoms with van der Waals surface area (Å²) in [5, 5.41) is 79.4. The van der Waals surface area contributed by atoms with Crippen LogP contribution in [0.25, 0.3) is 0 Å². The molecule has 0 spiro atoms. The summed E-state index contributed by atoms with van der Waals surface area (Å²) < 4.78 is 49.7. The Morgan fingerprint density at radius 3 is 0.484 bits per heavy atom. The van der Waals surface area contributed by atoms with Gasteiger partial charge in [-0.1, -0.05) is 27.7 Å². The molecule has 352 valence electrons. The van der Waals surface area contributed by atoms with Gasteiger partial charge >= 0.3 is 0 Å². The third kappa shape index (κ3) is 11.8. The van der Waals surface area contributed by atoms with Crippen molar-refractivity contribution in [2.45, 2.75) is 51.4 Å². The predicted molar refractivity (Wildman–Crippen MR) is 236 cm³/mol. The van der Waals surface area contributed by atoms with Crippen LogP contribution in [0.4, 0.5) is 0 Å². The lowest BCUT2D eigenvalue weighted by Gasteiger charge is -2.29. The number of rotatable bonds is 24. The Hall–Kier alpha value is -5.04. The van der Waals surface area contributed by atoms with Crippen LogP contribution in [-0.2, 0) is 0 Å². The van der Waals surface area contributed by atoms with E-state index in [1.54, 1.807) is 24.3 Å². The van der Waals surface area contributed by atoms with Gasteiger partial charge in [0.15, 0.2) is 0 Å². The highest BCUT2D eigenvalue weighted by Gasteiger charge is 2.32. The summed E-state index contributed by atoms with van der Waals surface area (Å²) >= 11 is 0. The third-order valence-electron chi connectivity index (χ3n) is 11.1. The van der Waals surface area contributed by atoms with E-state index in [4.69, 9.17) is 37.9 Å². The number of hydrogen-bond donors (Lipinski definition) is 8. The standard InChI is InChI=1S/C48H64O16/c1-29-33-21-35(43(59-15-7-51)25-41(33)57-13-5-49)30(2)37-23-39(47(63-19-11-55)27-45(37)61-17-9-53)32(4)40-24-38(46(62-18-10-54)28-48(40)64-20-12-56)31(3)36-22-34(29)42(58-14-6-50)26-44(36)60-16-8-52/h21-32,49-56H,5-20H2,1-4H3. The Balaban J connectivity index is 1.99.